The maximum atomic E-state index is 6.24. The molecule has 0 aromatic heterocycles. The summed E-state index contributed by atoms with van der Waals surface area (Å²) in [4.78, 5) is 6.24. The van der Waals surface area contributed by atoms with Crippen molar-refractivity contribution in [2.75, 3.05) is 13.7 Å². The first-order valence-electron chi connectivity index (χ1n) is 20.5. The predicted octanol–water partition coefficient (Wildman–Crippen LogP) is 14.3. The van der Waals surface area contributed by atoms with E-state index in [0.717, 1.165) is 37.8 Å². The van der Waals surface area contributed by atoms with Gasteiger partial charge in [-0.2, -0.15) is 0 Å². The van der Waals surface area contributed by atoms with Crippen molar-refractivity contribution in [3.8, 4) is 0 Å². The lowest BCUT2D eigenvalue weighted by atomic mass is 10.00. The molecule has 4 heteroatoms. The van der Waals surface area contributed by atoms with Crippen LogP contribution in [0.15, 0.2) is 5.16 Å². The van der Waals surface area contributed by atoms with Gasteiger partial charge in [0.05, 0.1) is 23.5 Å². The lowest BCUT2D eigenvalue weighted by Crippen LogP contribution is -2.30. The number of rotatable bonds is 36. The highest BCUT2D eigenvalue weighted by atomic mass is 16.6. The molecular formula is C42H85NO3. The normalized spacial score (nSPS) is 12.8. The molecule has 0 saturated carbocycles. The van der Waals surface area contributed by atoms with Gasteiger partial charge in [-0.3, -0.25) is 0 Å². The van der Waals surface area contributed by atoms with Crippen LogP contribution in [-0.2, 0) is 14.3 Å². The fourth-order valence-corrected chi connectivity index (χ4v) is 6.12. The lowest BCUT2D eigenvalue weighted by Gasteiger charge is -2.29. The third-order valence-electron chi connectivity index (χ3n) is 9.96. The van der Waals surface area contributed by atoms with Crippen molar-refractivity contribution < 1.29 is 14.3 Å². The second-order valence-electron chi connectivity index (χ2n) is 15.7. The summed E-state index contributed by atoms with van der Waals surface area (Å²) in [7, 11) is 1.77. The largest absolute Gasteiger partial charge is 0.393 e. The van der Waals surface area contributed by atoms with Gasteiger partial charge in [-0.1, -0.05) is 160 Å². The Morgan fingerprint density at radius 1 is 0.522 bits per heavy atom. The Morgan fingerprint density at radius 3 is 1.26 bits per heavy atom. The van der Waals surface area contributed by atoms with E-state index in [1.165, 1.54) is 154 Å². The highest BCUT2D eigenvalue weighted by Crippen LogP contribution is 2.22. The molecule has 0 amide bonds. The molecule has 0 rings (SSSR count). The third kappa shape index (κ3) is 32.0. The van der Waals surface area contributed by atoms with Crippen LogP contribution in [0.25, 0.3) is 0 Å². The summed E-state index contributed by atoms with van der Waals surface area (Å²) in [5, 5.41) is 4.65. The van der Waals surface area contributed by atoms with E-state index >= 15 is 0 Å². The summed E-state index contributed by atoms with van der Waals surface area (Å²) < 4.78 is 11.8. The molecule has 0 radical (unpaired) electrons. The van der Waals surface area contributed by atoms with Crippen molar-refractivity contribution in [2.24, 2.45) is 5.16 Å². The number of oxime groups is 1. The molecule has 0 aromatic rings. The SMILES string of the molecule is CCCCCCCCCCCCCCC(CCCCCCCCCCCCCC)O/N=C(\C)CCC(C)(C)OCCC(C)(C)OC. The Bertz CT molecular complexity index is 631. The molecule has 4 nitrogen and oxygen atoms in total. The van der Waals surface area contributed by atoms with E-state index < -0.39 is 0 Å². The van der Waals surface area contributed by atoms with Crippen molar-refractivity contribution in [1.29, 1.82) is 0 Å². The van der Waals surface area contributed by atoms with E-state index in [-0.39, 0.29) is 17.3 Å². The van der Waals surface area contributed by atoms with Gasteiger partial charge in [0.1, 0.15) is 6.10 Å². The maximum Gasteiger partial charge on any atom is 0.127 e. The molecule has 0 aliphatic heterocycles. The van der Waals surface area contributed by atoms with Gasteiger partial charge in [-0.25, -0.2) is 0 Å². The topological polar surface area (TPSA) is 40.0 Å². The quantitative estimate of drug-likeness (QED) is 0.0384. The summed E-state index contributed by atoms with van der Waals surface area (Å²) in [6.07, 6.45) is 38.8. The van der Waals surface area contributed by atoms with Crippen LogP contribution in [-0.4, -0.2) is 36.7 Å². The number of hydrogen-bond donors (Lipinski definition) is 0. The number of unbranched alkanes of at least 4 members (excludes halogenated alkanes) is 22. The minimum atomic E-state index is -0.176. The van der Waals surface area contributed by atoms with Crippen LogP contribution in [0.4, 0.5) is 0 Å². The molecule has 0 spiro atoms. The fraction of sp³-hybridized carbons (Fsp3) is 0.976. The molecule has 0 aliphatic rings. The molecule has 0 aromatic carbocycles. The van der Waals surface area contributed by atoms with Gasteiger partial charge in [-0.05, 0) is 79.6 Å². The van der Waals surface area contributed by atoms with Crippen molar-refractivity contribution in [1.82, 2.24) is 0 Å². The minimum Gasteiger partial charge on any atom is -0.393 e. The van der Waals surface area contributed by atoms with Gasteiger partial charge in [-0.15, -0.1) is 0 Å². The summed E-state index contributed by atoms with van der Waals surface area (Å²) >= 11 is 0. The molecule has 276 valence electrons. The fourth-order valence-electron chi connectivity index (χ4n) is 6.12. The Balaban J connectivity index is 4.41. The van der Waals surface area contributed by atoms with E-state index in [1.54, 1.807) is 7.11 Å². The smallest absolute Gasteiger partial charge is 0.127 e. The molecule has 0 unspecified atom stereocenters. The predicted molar refractivity (Wildman–Crippen MR) is 204 cm³/mol. The molecule has 0 heterocycles. The van der Waals surface area contributed by atoms with Crippen molar-refractivity contribution in [3.05, 3.63) is 0 Å². The number of ether oxygens (including phenoxy) is 2. The Morgan fingerprint density at radius 2 is 0.891 bits per heavy atom. The molecule has 0 aliphatic carbocycles. The second kappa shape index (κ2) is 31.6. The average molecular weight is 652 g/mol. The zero-order valence-electron chi connectivity index (χ0n) is 33.0. The summed E-state index contributed by atoms with van der Waals surface area (Å²) in [6.45, 7) is 16.0. The van der Waals surface area contributed by atoms with Gasteiger partial charge >= 0.3 is 0 Å². The van der Waals surface area contributed by atoms with Gasteiger partial charge in [0.15, 0.2) is 0 Å². The molecule has 46 heavy (non-hydrogen) atoms. The minimum absolute atomic E-state index is 0.141. The van der Waals surface area contributed by atoms with Gasteiger partial charge < -0.3 is 14.3 Å². The average Bonchev–Trinajstić information content (AvgIpc) is 3.03. The summed E-state index contributed by atoms with van der Waals surface area (Å²) in [5.74, 6) is 0. The lowest BCUT2D eigenvalue weighted by molar-refractivity contribution is -0.0604. The van der Waals surface area contributed by atoms with Crippen LogP contribution >= 0.6 is 0 Å². The molecule has 0 bridgehead atoms. The van der Waals surface area contributed by atoms with Crippen LogP contribution in [0.5, 0.6) is 0 Å². The second-order valence-corrected chi connectivity index (χ2v) is 15.7. The first-order valence-corrected chi connectivity index (χ1v) is 20.5. The molecule has 0 saturated heterocycles. The third-order valence-corrected chi connectivity index (χ3v) is 9.96. The van der Waals surface area contributed by atoms with E-state index in [4.69, 9.17) is 14.3 Å². The van der Waals surface area contributed by atoms with E-state index in [1.807, 2.05) is 0 Å². The van der Waals surface area contributed by atoms with Gasteiger partial charge in [0.25, 0.3) is 0 Å². The standard InChI is InChI=1S/C42H85NO3/c1-9-11-13-15-17-19-21-23-25-27-29-31-33-40(34-32-30-28-26-24-22-20-18-16-14-12-10-2)46-43-39(3)35-36-42(6,7)45-38-37-41(4,5)44-8/h40H,9-38H2,1-8H3/b43-39+. The van der Waals surface area contributed by atoms with Crippen molar-refractivity contribution in [2.45, 2.75) is 252 Å². The number of hydrogen-bond acceptors (Lipinski definition) is 4. The zero-order valence-corrected chi connectivity index (χ0v) is 33.0. The van der Waals surface area contributed by atoms with E-state index in [9.17, 15) is 0 Å². The van der Waals surface area contributed by atoms with Crippen LogP contribution in [0.3, 0.4) is 0 Å². The van der Waals surface area contributed by atoms with Gasteiger partial charge in [0.2, 0.25) is 0 Å². The first-order chi connectivity index (χ1) is 22.2. The van der Waals surface area contributed by atoms with Crippen LogP contribution < -0.4 is 0 Å². The molecule has 0 N–H and O–H groups in total. The van der Waals surface area contributed by atoms with E-state index in [0.29, 0.717) is 6.61 Å². The summed E-state index contributed by atoms with van der Waals surface area (Å²) in [6, 6.07) is 0. The van der Waals surface area contributed by atoms with Gasteiger partial charge in [0, 0.05) is 7.11 Å². The van der Waals surface area contributed by atoms with Crippen LogP contribution in [0, 0.1) is 0 Å². The van der Waals surface area contributed by atoms with Crippen LogP contribution in [0.1, 0.15) is 235 Å². The van der Waals surface area contributed by atoms with Crippen LogP contribution in [0.2, 0.25) is 0 Å². The highest BCUT2D eigenvalue weighted by molar-refractivity contribution is 5.81. The van der Waals surface area contributed by atoms with Crippen molar-refractivity contribution >= 4 is 5.71 Å². The first kappa shape index (κ1) is 45.4. The Labute approximate surface area is 290 Å². The Hall–Kier alpha value is -0.610. The van der Waals surface area contributed by atoms with E-state index in [2.05, 4.69) is 53.6 Å². The zero-order chi connectivity index (χ0) is 34.2. The molecular weight excluding hydrogens is 566 g/mol. The van der Waals surface area contributed by atoms with Crippen molar-refractivity contribution in [3.63, 3.8) is 0 Å². The monoisotopic (exact) mass is 652 g/mol. The summed E-state index contributed by atoms with van der Waals surface area (Å²) in [5.41, 5.74) is 0.768. The number of methoxy groups -OCH3 is 1. The molecule has 0 atom stereocenters. The Kier molecular flexibility index (Phi) is 31.2. The molecule has 0 fully saturated rings. The highest BCUT2D eigenvalue weighted by Gasteiger charge is 2.22. The number of nitrogens with zero attached hydrogens (tertiary/aromatic N) is 1. The maximum absolute atomic E-state index is 6.24.